The lowest BCUT2D eigenvalue weighted by atomic mass is 10.1. The summed E-state index contributed by atoms with van der Waals surface area (Å²) in [6, 6.07) is 0. The number of hydrogen-bond donors (Lipinski definition) is 0. The van der Waals surface area contributed by atoms with Gasteiger partial charge in [0, 0.05) is 5.92 Å². The largest absolute Gasteiger partial charge is 0.468 e. The molecule has 0 spiro atoms. The Morgan fingerprint density at radius 3 is 1.89 bits per heavy atom. The zero-order chi connectivity index (χ0) is 14.0. The molecule has 2 unspecified atom stereocenters. The number of carbonyl (C=O) groups excluding carboxylic acids is 3. The summed E-state index contributed by atoms with van der Waals surface area (Å²) in [6.07, 6.45) is 3.32. The minimum atomic E-state index is -0.525. The van der Waals surface area contributed by atoms with Crippen LogP contribution in [0, 0.1) is 17.8 Å². The van der Waals surface area contributed by atoms with Gasteiger partial charge in [0.15, 0.2) is 0 Å². The van der Waals surface area contributed by atoms with E-state index in [1.807, 2.05) is 0 Å². The fourth-order valence-electron chi connectivity index (χ4n) is 3.05. The number of carbonyl (C=O) groups is 3. The van der Waals surface area contributed by atoms with Crippen LogP contribution in [0.4, 0.5) is 0 Å². The Labute approximate surface area is 112 Å². The number of fused-ring (bicyclic) bond motifs is 1. The Hall–Kier alpha value is -1.59. The molecular formula is C13H19NO5. The van der Waals surface area contributed by atoms with Crippen LogP contribution in [0.2, 0.25) is 0 Å². The second-order valence-corrected chi connectivity index (χ2v) is 5.13. The molecule has 0 aromatic carbocycles. The second kappa shape index (κ2) is 5.59. The van der Waals surface area contributed by atoms with E-state index in [1.54, 1.807) is 0 Å². The highest BCUT2D eigenvalue weighted by Gasteiger charge is 2.57. The molecule has 2 rings (SSSR count). The fraction of sp³-hybridized carbons (Fsp3) is 0.769. The van der Waals surface area contributed by atoms with E-state index in [4.69, 9.17) is 0 Å². The van der Waals surface area contributed by atoms with Gasteiger partial charge in [0.2, 0.25) is 5.91 Å². The standard InChI is InChI=1S/C13H19NO5/c1-18-10(15)6-14(7-11(16)19-2)13(17)12-8-4-3-5-9(8)12/h8-9,12H,3-7H2,1-2H3. The fourth-order valence-corrected chi connectivity index (χ4v) is 3.05. The van der Waals surface area contributed by atoms with Gasteiger partial charge in [-0.05, 0) is 24.7 Å². The van der Waals surface area contributed by atoms with Crippen LogP contribution in [-0.4, -0.2) is 50.1 Å². The summed E-state index contributed by atoms with van der Waals surface area (Å²) in [4.78, 5) is 36.2. The van der Waals surface area contributed by atoms with Crippen molar-refractivity contribution in [3.8, 4) is 0 Å². The van der Waals surface area contributed by atoms with Crippen LogP contribution in [0.5, 0.6) is 0 Å². The first-order valence-electron chi connectivity index (χ1n) is 6.51. The van der Waals surface area contributed by atoms with Gasteiger partial charge >= 0.3 is 11.9 Å². The first-order chi connectivity index (χ1) is 9.08. The van der Waals surface area contributed by atoms with Crippen LogP contribution in [0.3, 0.4) is 0 Å². The highest BCUT2D eigenvalue weighted by Crippen LogP contribution is 2.58. The first kappa shape index (κ1) is 13.8. The summed E-state index contributed by atoms with van der Waals surface area (Å²) in [5.41, 5.74) is 0. The number of rotatable bonds is 5. The van der Waals surface area contributed by atoms with Gasteiger partial charge in [-0.25, -0.2) is 0 Å². The van der Waals surface area contributed by atoms with Crippen molar-refractivity contribution in [1.82, 2.24) is 4.90 Å². The number of amides is 1. The number of nitrogens with zero attached hydrogens (tertiary/aromatic N) is 1. The Balaban J connectivity index is 1.97. The molecule has 2 saturated carbocycles. The van der Waals surface area contributed by atoms with E-state index in [2.05, 4.69) is 9.47 Å². The SMILES string of the molecule is COC(=O)CN(CC(=O)OC)C(=O)C1C2CCCC21. The maximum Gasteiger partial charge on any atom is 0.325 e. The summed E-state index contributed by atoms with van der Waals surface area (Å²) in [6.45, 7) is -0.388. The van der Waals surface area contributed by atoms with Crippen molar-refractivity contribution in [2.24, 2.45) is 17.8 Å². The lowest BCUT2D eigenvalue weighted by Crippen LogP contribution is -2.41. The average molecular weight is 269 g/mol. The topological polar surface area (TPSA) is 72.9 Å². The van der Waals surface area contributed by atoms with Crippen LogP contribution in [0.15, 0.2) is 0 Å². The summed E-state index contributed by atoms with van der Waals surface area (Å²) in [5.74, 6) is -0.282. The smallest absolute Gasteiger partial charge is 0.325 e. The molecule has 6 heteroatoms. The van der Waals surface area contributed by atoms with Crippen molar-refractivity contribution in [2.45, 2.75) is 19.3 Å². The zero-order valence-corrected chi connectivity index (χ0v) is 11.3. The van der Waals surface area contributed by atoms with Crippen molar-refractivity contribution in [3.63, 3.8) is 0 Å². The van der Waals surface area contributed by atoms with Gasteiger partial charge in [-0.3, -0.25) is 14.4 Å². The van der Waals surface area contributed by atoms with E-state index < -0.39 is 11.9 Å². The van der Waals surface area contributed by atoms with E-state index in [1.165, 1.54) is 25.5 Å². The molecule has 19 heavy (non-hydrogen) atoms. The Kier molecular flexibility index (Phi) is 4.07. The second-order valence-electron chi connectivity index (χ2n) is 5.13. The van der Waals surface area contributed by atoms with Crippen LogP contribution in [-0.2, 0) is 23.9 Å². The van der Waals surface area contributed by atoms with Gasteiger partial charge in [0.1, 0.15) is 13.1 Å². The maximum absolute atomic E-state index is 12.3. The van der Waals surface area contributed by atoms with Crippen molar-refractivity contribution >= 4 is 17.8 Å². The molecule has 2 atom stereocenters. The molecule has 6 nitrogen and oxygen atoms in total. The number of hydrogen-bond acceptors (Lipinski definition) is 5. The van der Waals surface area contributed by atoms with Gasteiger partial charge in [-0.2, -0.15) is 0 Å². The minimum absolute atomic E-state index is 0.0111. The van der Waals surface area contributed by atoms with Crippen molar-refractivity contribution in [3.05, 3.63) is 0 Å². The van der Waals surface area contributed by atoms with Crippen LogP contribution in [0.25, 0.3) is 0 Å². The Bertz CT molecular complexity index is 366. The predicted molar refractivity (Wildman–Crippen MR) is 64.9 cm³/mol. The molecule has 1 amide bonds. The molecule has 0 aromatic rings. The summed E-state index contributed by atoms with van der Waals surface area (Å²) in [7, 11) is 2.52. The van der Waals surface area contributed by atoms with E-state index in [9.17, 15) is 14.4 Å². The van der Waals surface area contributed by atoms with E-state index >= 15 is 0 Å². The highest BCUT2D eigenvalue weighted by molar-refractivity contribution is 5.89. The lowest BCUT2D eigenvalue weighted by Gasteiger charge is -2.21. The summed E-state index contributed by atoms with van der Waals surface area (Å²) < 4.78 is 9.11. The molecule has 2 aliphatic rings. The van der Waals surface area contributed by atoms with Crippen LogP contribution in [0.1, 0.15) is 19.3 Å². The van der Waals surface area contributed by atoms with Crippen molar-refractivity contribution < 1.29 is 23.9 Å². The van der Waals surface area contributed by atoms with Gasteiger partial charge in [-0.1, -0.05) is 6.42 Å². The number of ether oxygens (including phenoxy) is 2. The molecule has 0 radical (unpaired) electrons. The quantitative estimate of drug-likeness (QED) is 0.667. The van der Waals surface area contributed by atoms with E-state index in [0.29, 0.717) is 11.8 Å². The zero-order valence-electron chi connectivity index (χ0n) is 11.3. The third-order valence-corrected chi connectivity index (χ3v) is 4.10. The van der Waals surface area contributed by atoms with Gasteiger partial charge in [0.25, 0.3) is 0 Å². The molecule has 0 heterocycles. The van der Waals surface area contributed by atoms with Gasteiger partial charge in [0.05, 0.1) is 14.2 Å². The summed E-state index contributed by atoms with van der Waals surface area (Å²) >= 11 is 0. The van der Waals surface area contributed by atoms with Gasteiger partial charge in [-0.15, -0.1) is 0 Å². The Morgan fingerprint density at radius 1 is 1.00 bits per heavy atom. The monoisotopic (exact) mass is 269 g/mol. The molecule has 0 aromatic heterocycles. The van der Waals surface area contributed by atoms with Gasteiger partial charge < -0.3 is 14.4 Å². The van der Waals surface area contributed by atoms with Crippen LogP contribution < -0.4 is 0 Å². The minimum Gasteiger partial charge on any atom is -0.468 e. The Morgan fingerprint density at radius 2 is 1.47 bits per heavy atom. The molecule has 0 bridgehead atoms. The molecular weight excluding hydrogens is 250 g/mol. The molecule has 0 saturated heterocycles. The molecule has 106 valence electrons. The third kappa shape index (κ3) is 2.88. The number of methoxy groups -OCH3 is 2. The normalized spacial score (nSPS) is 27.4. The third-order valence-electron chi connectivity index (χ3n) is 4.10. The molecule has 2 fully saturated rings. The van der Waals surface area contributed by atoms with E-state index in [-0.39, 0.29) is 24.9 Å². The van der Waals surface area contributed by atoms with Crippen molar-refractivity contribution in [2.75, 3.05) is 27.3 Å². The predicted octanol–water partition coefficient (Wildman–Crippen LogP) is 0.207. The highest BCUT2D eigenvalue weighted by atomic mass is 16.5. The lowest BCUT2D eigenvalue weighted by molar-refractivity contribution is -0.152. The average Bonchev–Trinajstić information content (AvgIpc) is 2.89. The molecule has 0 aliphatic heterocycles. The maximum atomic E-state index is 12.3. The first-order valence-corrected chi connectivity index (χ1v) is 6.51. The molecule has 2 aliphatic carbocycles. The summed E-state index contributed by atoms with van der Waals surface area (Å²) in [5, 5.41) is 0. The van der Waals surface area contributed by atoms with Crippen LogP contribution >= 0.6 is 0 Å². The van der Waals surface area contributed by atoms with Crippen molar-refractivity contribution in [1.29, 1.82) is 0 Å². The van der Waals surface area contributed by atoms with E-state index in [0.717, 1.165) is 12.8 Å². The molecule has 0 N–H and O–H groups in total. The number of esters is 2.